The van der Waals surface area contributed by atoms with E-state index < -0.39 is 0 Å². The Kier molecular flexibility index (Phi) is 3.38. The molecule has 0 amide bonds. The highest BCUT2D eigenvalue weighted by atomic mass is 79.9. The van der Waals surface area contributed by atoms with Crippen LogP contribution in [0.1, 0.15) is 0 Å². The molecule has 0 aliphatic carbocycles. The van der Waals surface area contributed by atoms with E-state index in [4.69, 9.17) is 4.74 Å². The van der Waals surface area contributed by atoms with Crippen LogP contribution in [0.25, 0.3) is 0 Å². The van der Waals surface area contributed by atoms with Crippen molar-refractivity contribution in [1.82, 2.24) is 4.98 Å². The first-order chi connectivity index (χ1) is 7.27. The lowest BCUT2D eigenvalue weighted by molar-refractivity contribution is 0.459. The topological polar surface area (TPSA) is 22.1 Å². The van der Waals surface area contributed by atoms with Crippen LogP contribution in [0.15, 0.2) is 51.5 Å². The number of pyridine rings is 1. The minimum absolute atomic E-state index is 0.551. The van der Waals surface area contributed by atoms with E-state index in [9.17, 15) is 0 Å². The van der Waals surface area contributed by atoms with Gasteiger partial charge in [-0.05, 0) is 50.1 Å². The first-order valence-electron chi connectivity index (χ1n) is 4.30. The summed E-state index contributed by atoms with van der Waals surface area (Å²) >= 11 is 6.80. The summed E-state index contributed by atoms with van der Waals surface area (Å²) in [6.07, 6.45) is 1.69. The van der Waals surface area contributed by atoms with Crippen LogP contribution in [0.4, 0.5) is 0 Å². The molecule has 2 aromatic rings. The van der Waals surface area contributed by atoms with Gasteiger partial charge in [0.2, 0.25) is 5.88 Å². The summed E-state index contributed by atoms with van der Waals surface area (Å²) in [4.78, 5) is 4.14. The van der Waals surface area contributed by atoms with Gasteiger partial charge in [-0.2, -0.15) is 0 Å². The Bertz CT molecular complexity index is 459. The molecule has 0 saturated heterocycles. The summed E-state index contributed by atoms with van der Waals surface area (Å²) in [7, 11) is 0. The van der Waals surface area contributed by atoms with Crippen molar-refractivity contribution < 1.29 is 4.74 Å². The summed E-state index contributed by atoms with van der Waals surface area (Å²) in [6, 6.07) is 11.4. The minimum atomic E-state index is 0.551. The number of aromatic nitrogens is 1. The second-order valence-electron chi connectivity index (χ2n) is 2.83. The van der Waals surface area contributed by atoms with E-state index in [1.165, 1.54) is 0 Å². The van der Waals surface area contributed by atoms with E-state index in [1.807, 2.05) is 36.4 Å². The molecule has 15 heavy (non-hydrogen) atoms. The Labute approximate surface area is 105 Å². The van der Waals surface area contributed by atoms with Gasteiger partial charge in [-0.25, -0.2) is 4.98 Å². The number of nitrogens with zero attached hydrogens (tertiary/aromatic N) is 1. The molecular formula is C11H7Br2NO. The molecule has 76 valence electrons. The number of para-hydroxylation sites is 1. The molecule has 0 aliphatic rings. The van der Waals surface area contributed by atoms with Crippen LogP contribution in [0.3, 0.4) is 0 Å². The Morgan fingerprint density at radius 3 is 2.47 bits per heavy atom. The molecule has 0 fully saturated rings. The lowest BCUT2D eigenvalue weighted by atomic mass is 10.3. The fraction of sp³-hybridized carbons (Fsp3) is 0. The van der Waals surface area contributed by atoms with Gasteiger partial charge in [0.25, 0.3) is 0 Å². The van der Waals surface area contributed by atoms with Gasteiger partial charge in [0.05, 0.1) is 4.47 Å². The fourth-order valence-corrected chi connectivity index (χ4v) is 1.68. The van der Waals surface area contributed by atoms with Gasteiger partial charge in [-0.15, -0.1) is 0 Å². The summed E-state index contributed by atoms with van der Waals surface area (Å²) in [5, 5.41) is 0. The van der Waals surface area contributed by atoms with Crippen molar-refractivity contribution in [2.24, 2.45) is 0 Å². The highest BCUT2D eigenvalue weighted by Crippen LogP contribution is 2.32. The van der Waals surface area contributed by atoms with Gasteiger partial charge >= 0.3 is 0 Å². The Hall–Kier alpha value is -0.870. The minimum Gasteiger partial charge on any atom is -0.438 e. The van der Waals surface area contributed by atoms with Gasteiger partial charge in [-0.1, -0.05) is 18.2 Å². The van der Waals surface area contributed by atoms with Crippen molar-refractivity contribution in [2.75, 3.05) is 0 Å². The van der Waals surface area contributed by atoms with Gasteiger partial charge in [0.1, 0.15) is 5.75 Å². The Morgan fingerprint density at radius 1 is 1.00 bits per heavy atom. The molecule has 2 rings (SSSR count). The van der Waals surface area contributed by atoms with E-state index >= 15 is 0 Å². The Morgan fingerprint density at radius 2 is 1.73 bits per heavy atom. The summed E-state index contributed by atoms with van der Waals surface area (Å²) < 4.78 is 7.34. The van der Waals surface area contributed by atoms with Crippen molar-refractivity contribution in [2.45, 2.75) is 0 Å². The van der Waals surface area contributed by atoms with Crippen LogP contribution in [0.2, 0.25) is 0 Å². The van der Waals surface area contributed by atoms with Crippen molar-refractivity contribution in [3.63, 3.8) is 0 Å². The van der Waals surface area contributed by atoms with Crippen LogP contribution in [-0.4, -0.2) is 4.98 Å². The van der Waals surface area contributed by atoms with E-state index in [0.29, 0.717) is 5.88 Å². The lowest BCUT2D eigenvalue weighted by Gasteiger charge is -2.06. The largest absolute Gasteiger partial charge is 0.438 e. The maximum absolute atomic E-state index is 5.60. The monoisotopic (exact) mass is 327 g/mol. The maximum Gasteiger partial charge on any atom is 0.234 e. The van der Waals surface area contributed by atoms with Crippen molar-refractivity contribution in [3.05, 3.63) is 51.5 Å². The predicted octanol–water partition coefficient (Wildman–Crippen LogP) is 4.40. The third-order valence-electron chi connectivity index (χ3n) is 1.77. The molecule has 2 nitrogen and oxygen atoms in total. The molecule has 0 aliphatic heterocycles. The summed E-state index contributed by atoms with van der Waals surface area (Å²) in [5.41, 5.74) is 0. The quantitative estimate of drug-likeness (QED) is 0.815. The average molecular weight is 329 g/mol. The Balaban J connectivity index is 2.29. The first-order valence-corrected chi connectivity index (χ1v) is 5.89. The third kappa shape index (κ3) is 2.58. The fourth-order valence-electron chi connectivity index (χ4n) is 1.07. The zero-order valence-corrected chi connectivity index (χ0v) is 10.8. The standard InChI is InChI=1S/C11H7Br2NO/c12-9-6-7-14-11(10(9)13)15-8-4-2-1-3-5-8/h1-7H. The van der Waals surface area contributed by atoms with Gasteiger partial charge < -0.3 is 4.74 Å². The van der Waals surface area contributed by atoms with Crippen LogP contribution >= 0.6 is 31.9 Å². The zero-order valence-electron chi connectivity index (χ0n) is 7.65. The number of rotatable bonds is 2. The summed E-state index contributed by atoms with van der Waals surface area (Å²) in [6.45, 7) is 0. The zero-order chi connectivity index (χ0) is 10.7. The molecule has 0 unspecified atom stereocenters. The predicted molar refractivity (Wildman–Crippen MR) is 66.2 cm³/mol. The number of halogens is 2. The van der Waals surface area contributed by atoms with Crippen LogP contribution < -0.4 is 4.74 Å². The van der Waals surface area contributed by atoms with Crippen molar-refractivity contribution in [3.8, 4) is 11.6 Å². The molecule has 1 heterocycles. The van der Waals surface area contributed by atoms with Gasteiger partial charge in [0, 0.05) is 10.7 Å². The van der Waals surface area contributed by atoms with Crippen LogP contribution in [0, 0.1) is 0 Å². The average Bonchev–Trinajstić information content (AvgIpc) is 2.26. The molecule has 1 aromatic heterocycles. The highest BCUT2D eigenvalue weighted by molar-refractivity contribution is 9.13. The molecule has 0 bridgehead atoms. The van der Waals surface area contributed by atoms with Gasteiger partial charge in [-0.3, -0.25) is 0 Å². The molecule has 0 saturated carbocycles. The van der Waals surface area contributed by atoms with E-state index in [0.717, 1.165) is 14.7 Å². The third-order valence-corrected chi connectivity index (χ3v) is 3.73. The normalized spacial score (nSPS) is 10.0. The maximum atomic E-state index is 5.60. The van der Waals surface area contributed by atoms with Crippen molar-refractivity contribution in [1.29, 1.82) is 0 Å². The molecule has 0 spiro atoms. The second kappa shape index (κ2) is 4.77. The lowest BCUT2D eigenvalue weighted by Crippen LogP contribution is -1.88. The van der Waals surface area contributed by atoms with Crippen LogP contribution in [0.5, 0.6) is 11.6 Å². The SMILES string of the molecule is Brc1ccnc(Oc2ccccc2)c1Br. The van der Waals surface area contributed by atoms with E-state index in [1.54, 1.807) is 6.20 Å². The molecular weight excluding hydrogens is 322 g/mol. The molecule has 1 aromatic carbocycles. The molecule has 0 radical (unpaired) electrons. The molecule has 0 atom stereocenters. The smallest absolute Gasteiger partial charge is 0.234 e. The number of hydrogen-bond donors (Lipinski definition) is 0. The van der Waals surface area contributed by atoms with E-state index in [2.05, 4.69) is 36.8 Å². The number of hydrogen-bond acceptors (Lipinski definition) is 2. The molecule has 0 N–H and O–H groups in total. The highest BCUT2D eigenvalue weighted by Gasteiger charge is 2.06. The van der Waals surface area contributed by atoms with E-state index in [-0.39, 0.29) is 0 Å². The first kappa shape index (κ1) is 10.6. The summed E-state index contributed by atoms with van der Waals surface area (Å²) in [5.74, 6) is 1.32. The van der Waals surface area contributed by atoms with Crippen LogP contribution in [-0.2, 0) is 0 Å². The number of ether oxygens (including phenoxy) is 1. The van der Waals surface area contributed by atoms with Gasteiger partial charge in [0.15, 0.2) is 0 Å². The van der Waals surface area contributed by atoms with Crippen molar-refractivity contribution >= 4 is 31.9 Å². The second-order valence-corrected chi connectivity index (χ2v) is 4.47. The molecule has 4 heteroatoms. The number of benzene rings is 1.